The SMILES string of the molecule is O=C([O-])CN1C(=O)/C(=C\c2cc(Cl)cc(Cl)c2O)SC1=S. The summed E-state index contributed by atoms with van der Waals surface area (Å²) < 4.78 is 0.100. The van der Waals surface area contributed by atoms with Crippen molar-refractivity contribution in [3.63, 3.8) is 0 Å². The molecule has 1 amide bonds. The molecule has 0 aliphatic carbocycles. The normalized spacial score (nSPS) is 16.9. The number of aromatic hydroxyl groups is 1. The van der Waals surface area contributed by atoms with Crippen LogP contribution >= 0.6 is 47.2 Å². The van der Waals surface area contributed by atoms with Crippen LogP contribution in [0, 0.1) is 0 Å². The molecule has 0 saturated carbocycles. The number of carboxylic acids is 1. The van der Waals surface area contributed by atoms with E-state index >= 15 is 0 Å². The highest BCUT2D eigenvalue weighted by molar-refractivity contribution is 8.26. The van der Waals surface area contributed by atoms with Gasteiger partial charge in [-0.25, -0.2) is 0 Å². The summed E-state index contributed by atoms with van der Waals surface area (Å²) in [5, 5.41) is 20.8. The van der Waals surface area contributed by atoms with Gasteiger partial charge in [-0.3, -0.25) is 9.69 Å². The molecule has 1 saturated heterocycles. The average Bonchev–Trinajstić information content (AvgIpc) is 2.63. The summed E-state index contributed by atoms with van der Waals surface area (Å²) in [7, 11) is 0. The second-order valence-electron chi connectivity index (χ2n) is 3.97. The quantitative estimate of drug-likeness (QED) is 0.650. The minimum atomic E-state index is -1.42. The van der Waals surface area contributed by atoms with Gasteiger partial charge in [0, 0.05) is 10.6 Å². The van der Waals surface area contributed by atoms with Gasteiger partial charge in [0.15, 0.2) is 0 Å². The molecular weight excluding hydrogens is 357 g/mol. The van der Waals surface area contributed by atoms with Gasteiger partial charge in [-0.15, -0.1) is 0 Å². The first-order valence-electron chi connectivity index (χ1n) is 5.43. The van der Waals surface area contributed by atoms with E-state index in [9.17, 15) is 19.8 Å². The molecule has 5 nitrogen and oxygen atoms in total. The number of nitrogens with zero attached hydrogens (tertiary/aromatic N) is 1. The first kappa shape index (κ1) is 16.1. The van der Waals surface area contributed by atoms with Gasteiger partial charge in [-0.05, 0) is 18.2 Å². The van der Waals surface area contributed by atoms with E-state index in [0.717, 1.165) is 16.7 Å². The van der Waals surface area contributed by atoms with Crippen LogP contribution in [0.5, 0.6) is 5.75 Å². The molecule has 1 fully saturated rings. The van der Waals surface area contributed by atoms with Crippen LogP contribution in [0.3, 0.4) is 0 Å². The van der Waals surface area contributed by atoms with E-state index in [4.69, 9.17) is 35.4 Å². The monoisotopic (exact) mass is 362 g/mol. The maximum absolute atomic E-state index is 12.0. The number of phenols is 1. The van der Waals surface area contributed by atoms with E-state index in [1.807, 2.05) is 0 Å². The van der Waals surface area contributed by atoms with E-state index in [2.05, 4.69) is 0 Å². The minimum absolute atomic E-state index is 0.0407. The molecule has 9 heteroatoms. The highest BCUT2D eigenvalue weighted by Crippen LogP contribution is 2.37. The van der Waals surface area contributed by atoms with Crippen molar-refractivity contribution in [2.75, 3.05) is 6.54 Å². The summed E-state index contributed by atoms with van der Waals surface area (Å²) in [6.45, 7) is -0.621. The highest BCUT2D eigenvalue weighted by Gasteiger charge is 2.32. The van der Waals surface area contributed by atoms with E-state index in [-0.39, 0.29) is 30.6 Å². The number of halogens is 2. The van der Waals surface area contributed by atoms with Gasteiger partial charge in [0.25, 0.3) is 5.91 Å². The molecule has 1 N–H and O–H groups in total. The molecule has 0 aromatic heterocycles. The largest absolute Gasteiger partial charge is 0.548 e. The summed E-state index contributed by atoms with van der Waals surface area (Å²) in [4.78, 5) is 23.7. The lowest BCUT2D eigenvalue weighted by atomic mass is 10.2. The molecule has 0 atom stereocenters. The van der Waals surface area contributed by atoms with Gasteiger partial charge in [0.1, 0.15) is 10.1 Å². The van der Waals surface area contributed by atoms with Gasteiger partial charge < -0.3 is 15.0 Å². The number of hydrogen-bond donors (Lipinski definition) is 1. The maximum atomic E-state index is 12.0. The summed E-state index contributed by atoms with van der Waals surface area (Å²) in [5.74, 6) is -2.22. The Kier molecular flexibility index (Phi) is 4.77. The van der Waals surface area contributed by atoms with Crippen molar-refractivity contribution < 1.29 is 19.8 Å². The molecule has 1 aliphatic rings. The Hall–Kier alpha value is -1.28. The zero-order chi connectivity index (χ0) is 15.7. The first-order valence-corrected chi connectivity index (χ1v) is 7.41. The first-order chi connectivity index (χ1) is 9.79. The standard InChI is InChI=1S/C12H7Cl2NO4S2/c13-6-1-5(10(18)7(14)3-6)2-8-11(19)15(4-9(16)17)12(20)21-8/h1-3,18H,4H2,(H,16,17)/p-1/b8-2+. The number of carbonyl (C=O) groups is 2. The third-order valence-corrected chi connectivity index (χ3v) is 4.39. The predicted octanol–water partition coefficient (Wildman–Crippen LogP) is 1.65. The second kappa shape index (κ2) is 6.23. The third kappa shape index (κ3) is 3.49. The fourth-order valence-electron chi connectivity index (χ4n) is 1.60. The zero-order valence-corrected chi connectivity index (χ0v) is 13.3. The zero-order valence-electron chi connectivity index (χ0n) is 10.1. The van der Waals surface area contributed by atoms with E-state index in [1.54, 1.807) is 0 Å². The van der Waals surface area contributed by atoms with Crippen molar-refractivity contribution in [3.05, 3.63) is 32.6 Å². The fourth-order valence-corrected chi connectivity index (χ4v) is 3.36. The number of carbonyl (C=O) groups excluding carboxylic acids is 2. The van der Waals surface area contributed by atoms with Crippen LogP contribution in [-0.4, -0.2) is 32.7 Å². The molecule has 1 heterocycles. The van der Waals surface area contributed by atoms with Crippen LogP contribution in [0.25, 0.3) is 6.08 Å². The van der Waals surface area contributed by atoms with Gasteiger partial charge in [0.2, 0.25) is 0 Å². The maximum Gasteiger partial charge on any atom is 0.266 e. The van der Waals surface area contributed by atoms with Crippen LogP contribution in [-0.2, 0) is 9.59 Å². The van der Waals surface area contributed by atoms with Crippen molar-refractivity contribution in [1.82, 2.24) is 4.90 Å². The lowest BCUT2D eigenvalue weighted by Crippen LogP contribution is -2.40. The number of hydrogen-bond acceptors (Lipinski definition) is 6. The number of aliphatic carboxylic acids is 1. The van der Waals surface area contributed by atoms with Gasteiger partial charge in [-0.1, -0.05) is 47.2 Å². The van der Waals surface area contributed by atoms with Gasteiger partial charge in [0.05, 0.1) is 22.4 Å². The van der Waals surface area contributed by atoms with E-state index < -0.39 is 18.4 Å². The van der Waals surface area contributed by atoms with Crippen LogP contribution < -0.4 is 5.11 Å². The van der Waals surface area contributed by atoms with Crippen molar-refractivity contribution in [1.29, 1.82) is 0 Å². The molecule has 0 spiro atoms. The Bertz CT molecular complexity index is 690. The van der Waals surface area contributed by atoms with Crippen molar-refractivity contribution in [2.24, 2.45) is 0 Å². The predicted molar refractivity (Wildman–Crippen MR) is 83.0 cm³/mol. The van der Waals surface area contributed by atoms with Crippen molar-refractivity contribution in [2.45, 2.75) is 0 Å². The number of thioether (sulfide) groups is 1. The fraction of sp³-hybridized carbons (Fsp3) is 0.0833. The Morgan fingerprint density at radius 2 is 2.14 bits per heavy atom. The third-order valence-electron chi connectivity index (χ3n) is 2.51. The molecular formula is C12H6Cl2NO4S2-. The van der Waals surface area contributed by atoms with Crippen LogP contribution in [0.1, 0.15) is 5.56 Å². The number of carboxylic acid groups (broad SMARTS) is 1. The minimum Gasteiger partial charge on any atom is -0.548 e. The van der Waals surface area contributed by atoms with Crippen LogP contribution in [0.15, 0.2) is 17.0 Å². The molecule has 0 bridgehead atoms. The lowest BCUT2D eigenvalue weighted by molar-refractivity contribution is -0.305. The van der Waals surface area contributed by atoms with Crippen LogP contribution in [0.4, 0.5) is 0 Å². The molecule has 1 aliphatic heterocycles. The van der Waals surface area contributed by atoms with Gasteiger partial charge in [-0.2, -0.15) is 0 Å². The molecule has 2 rings (SSSR count). The van der Waals surface area contributed by atoms with Crippen LogP contribution in [0.2, 0.25) is 10.0 Å². The van der Waals surface area contributed by atoms with E-state index in [0.29, 0.717) is 0 Å². The molecule has 1 aromatic carbocycles. The number of phenolic OH excluding ortho intramolecular Hbond substituents is 1. The average molecular weight is 363 g/mol. The summed E-state index contributed by atoms with van der Waals surface area (Å²) in [5.41, 5.74) is 0.237. The Balaban J connectivity index is 2.37. The summed E-state index contributed by atoms with van der Waals surface area (Å²) >= 11 is 17.5. The number of benzene rings is 1. The molecule has 1 aromatic rings. The highest BCUT2D eigenvalue weighted by atomic mass is 35.5. The topological polar surface area (TPSA) is 80.7 Å². The van der Waals surface area contributed by atoms with Gasteiger partial charge >= 0.3 is 0 Å². The summed E-state index contributed by atoms with van der Waals surface area (Å²) in [6.07, 6.45) is 1.35. The molecule has 0 unspecified atom stereocenters. The molecule has 110 valence electrons. The number of rotatable bonds is 3. The Morgan fingerprint density at radius 3 is 2.76 bits per heavy atom. The smallest absolute Gasteiger partial charge is 0.266 e. The number of amides is 1. The van der Waals surface area contributed by atoms with Crippen molar-refractivity contribution in [3.8, 4) is 5.75 Å². The number of thiocarbonyl (C=S) groups is 1. The second-order valence-corrected chi connectivity index (χ2v) is 6.48. The lowest BCUT2D eigenvalue weighted by Gasteiger charge is -2.14. The molecule has 0 radical (unpaired) electrons. The Labute approximate surface area is 139 Å². The molecule has 21 heavy (non-hydrogen) atoms. The van der Waals surface area contributed by atoms with Crippen molar-refractivity contribution >= 4 is 69.5 Å². The summed E-state index contributed by atoms with van der Waals surface area (Å²) in [6, 6.07) is 2.78. The Morgan fingerprint density at radius 1 is 1.48 bits per heavy atom. The van der Waals surface area contributed by atoms with E-state index in [1.165, 1.54) is 18.2 Å².